The lowest BCUT2D eigenvalue weighted by Gasteiger charge is -2.18. The van der Waals surface area contributed by atoms with Crippen molar-refractivity contribution in [2.75, 3.05) is 18.8 Å². The van der Waals surface area contributed by atoms with Crippen LogP contribution in [0.3, 0.4) is 0 Å². The van der Waals surface area contributed by atoms with Gasteiger partial charge in [-0.25, -0.2) is 31.7 Å². The topological polar surface area (TPSA) is 212 Å². The maximum Gasteiger partial charge on any atom is 0.242 e. The third-order valence-corrected chi connectivity index (χ3v) is 7.43. The lowest BCUT2D eigenvalue weighted by Crippen LogP contribution is -2.37. The first-order valence-corrected chi connectivity index (χ1v) is 12.1. The van der Waals surface area contributed by atoms with Gasteiger partial charge in [0.05, 0.1) is 5.56 Å². The van der Waals surface area contributed by atoms with Gasteiger partial charge >= 0.3 is 0 Å². The van der Waals surface area contributed by atoms with Crippen molar-refractivity contribution in [1.82, 2.24) is 35.6 Å². The predicted molar refractivity (Wildman–Crippen MR) is 110 cm³/mol. The standard InChI is InChI=1S/C16H19N9O4S2/c17-13-4-1-9(7-20-13)11-2-3-12(31(28,29)23-10-5-6-19-8-10)15(30(18,26)27)14(11)16-21-24-25-22-16/h1-4,7,10,19,23H,5-6,8H2,(H2,17,20)(H2,18,26,27)(H,21,22,24,25). The highest BCUT2D eigenvalue weighted by molar-refractivity contribution is 7.92. The minimum atomic E-state index is -4.55. The summed E-state index contributed by atoms with van der Waals surface area (Å²) in [5, 5.41) is 21.9. The molecule has 13 nitrogen and oxygen atoms in total. The molecule has 15 heteroatoms. The lowest BCUT2D eigenvalue weighted by molar-refractivity contribution is 0.555. The number of H-pyrrole nitrogens is 1. The molecule has 0 bridgehead atoms. The summed E-state index contributed by atoms with van der Waals surface area (Å²) in [6.45, 7) is 1.07. The van der Waals surface area contributed by atoms with E-state index in [2.05, 4.69) is 35.6 Å². The first-order chi connectivity index (χ1) is 14.7. The number of rotatable bonds is 6. The summed E-state index contributed by atoms with van der Waals surface area (Å²) < 4.78 is 54.0. The van der Waals surface area contributed by atoms with Crippen molar-refractivity contribution >= 4 is 25.9 Å². The molecule has 2 aromatic heterocycles. The number of tetrazole rings is 1. The van der Waals surface area contributed by atoms with E-state index in [4.69, 9.17) is 10.9 Å². The number of hydrogen-bond acceptors (Lipinski definition) is 10. The minimum Gasteiger partial charge on any atom is -0.384 e. The Labute approximate surface area is 177 Å². The number of nitrogens with two attached hydrogens (primary N) is 2. The number of pyridine rings is 1. The zero-order valence-electron chi connectivity index (χ0n) is 16.0. The minimum absolute atomic E-state index is 0.116. The second-order valence-corrected chi connectivity index (χ2v) is 10.1. The Kier molecular flexibility index (Phi) is 5.44. The zero-order valence-corrected chi connectivity index (χ0v) is 17.6. The summed E-state index contributed by atoms with van der Waals surface area (Å²) in [7, 11) is -8.79. The second-order valence-electron chi connectivity index (χ2n) is 6.88. The summed E-state index contributed by atoms with van der Waals surface area (Å²) in [5.74, 6) is 0.112. The van der Waals surface area contributed by atoms with Crippen molar-refractivity contribution in [3.05, 3.63) is 30.5 Å². The van der Waals surface area contributed by atoms with E-state index in [9.17, 15) is 16.8 Å². The molecule has 0 aliphatic carbocycles. The van der Waals surface area contributed by atoms with Gasteiger partial charge in [0, 0.05) is 24.3 Å². The second kappa shape index (κ2) is 7.93. The van der Waals surface area contributed by atoms with Gasteiger partial charge < -0.3 is 11.1 Å². The van der Waals surface area contributed by atoms with E-state index in [0.717, 1.165) is 0 Å². The third-order valence-electron chi connectivity index (χ3n) is 4.74. The number of nitrogen functional groups attached to an aromatic ring is 1. The number of primary sulfonamides is 1. The van der Waals surface area contributed by atoms with Crippen LogP contribution in [-0.4, -0.2) is 61.6 Å². The molecule has 3 aromatic rings. The fourth-order valence-electron chi connectivity index (χ4n) is 3.39. The van der Waals surface area contributed by atoms with E-state index in [1.165, 1.54) is 24.4 Å². The van der Waals surface area contributed by atoms with Gasteiger partial charge in [0.25, 0.3) is 0 Å². The van der Waals surface area contributed by atoms with Crippen molar-refractivity contribution in [2.45, 2.75) is 22.3 Å². The van der Waals surface area contributed by atoms with Crippen LogP contribution in [0.15, 0.2) is 40.3 Å². The van der Waals surface area contributed by atoms with Crippen LogP contribution >= 0.6 is 0 Å². The molecule has 31 heavy (non-hydrogen) atoms. The summed E-state index contributed by atoms with van der Waals surface area (Å²) >= 11 is 0. The van der Waals surface area contributed by atoms with Gasteiger partial charge in [-0.3, -0.25) is 0 Å². The molecule has 0 spiro atoms. The number of anilines is 1. The Morgan fingerprint density at radius 2 is 1.94 bits per heavy atom. The Morgan fingerprint density at radius 1 is 1.13 bits per heavy atom. The quantitative estimate of drug-likeness (QED) is 0.293. The highest BCUT2D eigenvalue weighted by atomic mass is 32.2. The molecule has 7 N–H and O–H groups in total. The van der Waals surface area contributed by atoms with Crippen LogP contribution in [0.2, 0.25) is 0 Å². The number of nitrogens with one attached hydrogen (secondary N) is 3. The van der Waals surface area contributed by atoms with Crippen LogP contribution < -0.4 is 20.9 Å². The first-order valence-electron chi connectivity index (χ1n) is 9.05. The van der Waals surface area contributed by atoms with Crippen molar-refractivity contribution < 1.29 is 16.8 Å². The molecule has 4 rings (SSSR count). The zero-order chi connectivity index (χ0) is 22.2. The van der Waals surface area contributed by atoms with E-state index in [-0.39, 0.29) is 23.2 Å². The van der Waals surface area contributed by atoms with E-state index in [1.807, 2.05) is 0 Å². The Balaban J connectivity index is 2.00. The lowest BCUT2D eigenvalue weighted by atomic mass is 10.0. The summed E-state index contributed by atoms with van der Waals surface area (Å²) in [5.41, 5.74) is 6.27. The van der Waals surface area contributed by atoms with Crippen molar-refractivity contribution in [2.24, 2.45) is 5.14 Å². The van der Waals surface area contributed by atoms with Crippen molar-refractivity contribution in [1.29, 1.82) is 0 Å². The molecule has 1 fully saturated rings. The van der Waals surface area contributed by atoms with E-state index < -0.39 is 29.8 Å². The number of aromatic amines is 1. The maximum absolute atomic E-state index is 13.1. The third kappa shape index (κ3) is 4.26. The summed E-state index contributed by atoms with van der Waals surface area (Å²) in [6, 6.07) is 5.36. The number of nitrogens with zero attached hydrogens (tertiary/aromatic N) is 4. The molecule has 1 atom stereocenters. The molecule has 1 unspecified atom stereocenters. The number of benzene rings is 1. The molecule has 3 heterocycles. The molecule has 164 valence electrons. The highest BCUT2D eigenvalue weighted by Crippen LogP contribution is 2.38. The number of sulfonamides is 2. The Hall–Kier alpha value is -2.98. The van der Waals surface area contributed by atoms with E-state index in [1.54, 1.807) is 6.07 Å². The Bertz CT molecular complexity index is 1300. The molecule has 0 amide bonds. The Morgan fingerprint density at radius 3 is 2.52 bits per heavy atom. The SMILES string of the molecule is Nc1ccc(-c2ccc(S(=O)(=O)NC3CCNC3)c(S(N)(=O)=O)c2-c2nn[nH]n2)cn1. The maximum atomic E-state index is 13.1. The summed E-state index contributed by atoms with van der Waals surface area (Å²) in [6.07, 6.45) is 1.98. The molecular formula is C16H19N9O4S2. The molecule has 1 aliphatic rings. The molecule has 0 radical (unpaired) electrons. The fraction of sp³-hybridized carbons (Fsp3) is 0.250. The molecule has 0 saturated carbocycles. The number of hydrogen-bond donors (Lipinski definition) is 5. The van der Waals surface area contributed by atoms with Crippen LogP contribution in [0.5, 0.6) is 0 Å². The van der Waals surface area contributed by atoms with Crippen LogP contribution in [0.1, 0.15) is 6.42 Å². The van der Waals surface area contributed by atoms with Gasteiger partial charge in [0.2, 0.25) is 25.9 Å². The normalized spacial score (nSPS) is 17.1. The van der Waals surface area contributed by atoms with Gasteiger partial charge in [-0.2, -0.15) is 5.21 Å². The monoisotopic (exact) mass is 465 g/mol. The average Bonchev–Trinajstić information content (AvgIpc) is 3.40. The van der Waals surface area contributed by atoms with Gasteiger partial charge in [0.15, 0.2) is 0 Å². The van der Waals surface area contributed by atoms with Gasteiger partial charge in [-0.15, -0.1) is 10.2 Å². The van der Waals surface area contributed by atoms with Gasteiger partial charge in [-0.1, -0.05) is 6.07 Å². The van der Waals surface area contributed by atoms with E-state index in [0.29, 0.717) is 30.6 Å². The van der Waals surface area contributed by atoms with Gasteiger partial charge in [-0.05, 0) is 41.9 Å². The average molecular weight is 466 g/mol. The van der Waals surface area contributed by atoms with Crippen LogP contribution in [0, 0.1) is 0 Å². The fourth-order valence-corrected chi connectivity index (χ4v) is 6.26. The molecule has 1 aliphatic heterocycles. The van der Waals surface area contributed by atoms with Crippen molar-refractivity contribution in [3.63, 3.8) is 0 Å². The molecular weight excluding hydrogens is 446 g/mol. The van der Waals surface area contributed by atoms with Crippen LogP contribution in [0.4, 0.5) is 5.82 Å². The largest absolute Gasteiger partial charge is 0.384 e. The smallest absolute Gasteiger partial charge is 0.242 e. The van der Waals surface area contributed by atoms with Crippen LogP contribution in [0.25, 0.3) is 22.5 Å². The number of aromatic nitrogens is 5. The first kappa shape index (κ1) is 21.3. The molecule has 1 aromatic carbocycles. The summed E-state index contributed by atoms with van der Waals surface area (Å²) in [4.78, 5) is 2.86. The predicted octanol–water partition coefficient (Wildman–Crippen LogP) is -1.20. The van der Waals surface area contributed by atoms with Gasteiger partial charge in [0.1, 0.15) is 15.6 Å². The van der Waals surface area contributed by atoms with Crippen molar-refractivity contribution in [3.8, 4) is 22.5 Å². The van der Waals surface area contributed by atoms with Crippen LogP contribution in [-0.2, 0) is 20.0 Å². The highest BCUT2D eigenvalue weighted by Gasteiger charge is 2.33. The molecule has 1 saturated heterocycles. The van der Waals surface area contributed by atoms with E-state index >= 15 is 0 Å².